The zero-order valence-electron chi connectivity index (χ0n) is 18.3. The number of aromatic amines is 1. The Bertz CT molecular complexity index is 1690. The fourth-order valence-corrected chi connectivity index (χ4v) is 6.03. The normalized spacial score (nSPS) is 13.6. The van der Waals surface area contributed by atoms with E-state index in [1.54, 1.807) is 24.3 Å². The Morgan fingerprint density at radius 3 is 2.53 bits per heavy atom. The van der Waals surface area contributed by atoms with Gasteiger partial charge in [0.25, 0.3) is 15.6 Å². The van der Waals surface area contributed by atoms with E-state index in [2.05, 4.69) is 4.98 Å². The predicted octanol–water partition coefficient (Wildman–Crippen LogP) is 3.02. The lowest BCUT2D eigenvalue weighted by Crippen LogP contribution is -2.36. The minimum absolute atomic E-state index is 0.0343. The third kappa shape index (κ3) is 3.45. The summed E-state index contributed by atoms with van der Waals surface area (Å²) in [4.78, 5) is 40.8. The highest BCUT2D eigenvalue weighted by Gasteiger charge is 2.29. The van der Waals surface area contributed by atoms with E-state index in [0.717, 1.165) is 16.6 Å². The maximum Gasteiger partial charge on any atom is 0.333 e. The second-order valence-electron chi connectivity index (χ2n) is 8.16. The molecule has 5 rings (SSSR count). The molecule has 0 bridgehead atoms. The lowest BCUT2D eigenvalue weighted by molar-refractivity contribution is 0.101. The SMILES string of the molecule is CC(=O)c1cccc2[nH]c(=O)n(-c3cccc(S(=O)(=O)N4CCCc5ccccc54)c3)c(=O)c12. The van der Waals surface area contributed by atoms with Crippen LogP contribution in [0, 0.1) is 0 Å². The summed E-state index contributed by atoms with van der Waals surface area (Å²) < 4.78 is 29.4. The van der Waals surface area contributed by atoms with Crippen molar-refractivity contribution in [3.63, 3.8) is 0 Å². The lowest BCUT2D eigenvalue weighted by Gasteiger charge is -2.30. The van der Waals surface area contributed by atoms with Gasteiger partial charge < -0.3 is 4.98 Å². The minimum atomic E-state index is -3.94. The first kappa shape index (κ1) is 21.8. The lowest BCUT2D eigenvalue weighted by atomic mass is 10.0. The predicted molar refractivity (Wildman–Crippen MR) is 129 cm³/mol. The summed E-state index contributed by atoms with van der Waals surface area (Å²) >= 11 is 0. The van der Waals surface area contributed by atoms with Crippen LogP contribution >= 0.6 is 0 Å². The molecular weight excluding hydrogens is 454 g/mol. The smallest absolute Gasteiger partial charge is 0.306 e. The summed E-state index contributed by atoms with van der Waals surface area (Å²) in [5.74, 6) is -0.318. The number of nitrogens with zero attached hydrogens (tertiary/aromatic N) is 2. The van der Waals surface area contributed by atoms with Crippen molar-refractivity contribution in [2.75, 3.05) is 10.8 Å². The zero-order valence-corrected chi connectivity index (χ0v) is 19.1. The largest absolute Gasteiger partial charge is 0.333 e. The number of aromatic nitrogens is 2. The zero-order chi connectivity index (χ0) is 24.0. The van der Waals surface area contributed by atoms with Crippen molar-refractivity contribution in [3.05, 3.63) is 98.7 Å². The van der Waals surface area contributed by atoms with Crippen LogP contribution in [0.15, 0.2) is 81.2 Å². The van der Waals surface area contributed by atoms with Crippen molar-refractivity contribution in [3.8, 4) is 5.69 Å². The van der Waals surface area contributed by atoms with Crippen LogP contribution in [0.25, 0.3) is 16.6 Å². The first-order chi connectivity index (χ1) is 16.3. The van der Waals surface area contributed by atoms with E-state index in [1.807, 2.05) is 12.1 Å². The average Bonchev–Trinajstić information content (AvgIpc) is 2.83. The first-order valence-electron chi connectivity index (χ1n) is 10.8. The molecule has 0 fully saturated rings. The second-order valence-corrected chi connectivity index (χ2v) is 10.0. The van der Waals surface area contributed by atoms with E-state index in [9.17, 15) is 22.8 Å². The number of carbonyl (C=O) groups is 1. The molecule has 4 aromatic rings. The van der Waals surface area contributed by atoms with Crippen LogP contribution in [0.3, 0.4) is 0 Å². The van der Waals surface area contributed by atoms with Crippen LogP contribution in [-0.2, 0) is 16.4 Å². The molecule has 0 saturated heterocycles. The number of hydrogen-bond donors (Lipinski definition) is 1. The van der Waals surface area contributed by atoms with Crippen molar-refractivity contribution >= 4 is 32.4 Å². The third-order valence-corrected chi connectivity index (χ3v) is 7.85. The number of sulfonamides is 1. The molecule has 3 aromatic carbocycles. The summed E-state index contributed by atoms with van der Waals surface area (Å²) in [5, 5.41) is 0.0767. The molecule has 0 radical (unpaired) electrons. The molecule has 8 nitrogen and oxygen atoms in total. The maximum absolute atomic E-state index is 13.6. The van der Waals surface area contributed by atoms with Gasteiger partial charge in [-0.3, -0.25) is 13.9 Å². The molecule has 1 aromatic heterocycles. The number of anilines is 1. The average molecular weight is 476 g/mol. The topological polar surface area (TPSA) is 109 Å². The molecule has 1 aliphatic rings. The number of ketones is 1. The van der Waals surface area contributed by atoms with E-state index in [0.29, 0.717) is 18.7 Å². The standard InChI is InChI=1S/C25H21N3O5S/c1-16(29)20-11-5-12-21-23(20)24(30)28(25(31)26-21)18-9-4-10-19(15-18)34(32,33)27-14-6-8-17-7-2-3-13-22(17)27/h2-5,7,9-13,15H,6,8,14H2,1H3,(H,26,31). The van der Waals surface area contributed by atoms with Gasteiger partial charge in [0.1, 0.15) is 0 Å². The second kappa shape index (κ2) is 8.11. The van der Waals surface area contributed by atoms with Crippen molar-refractivity contribution in [2.24, 2.45) is 0 Å². The van der Waals surface area contributed by atoms with Crippen molar-refractivity contribution in [1.82, 2.24) is 9.55 Å². The van der Waals surface area contributed by atoms with Gasteiger partial charge in [0, 0.05) is 12.1 Å². The Balaban J connectivity index is 1.68. The van der Waals surface area contributed by atoms with Crippen LogP contribution in [0.1, 0.15) is 29.3 Å². The van der Waals surface area contributed by atoms with Crippen LogP contribution < -0.4 is 15.6 Å². The van der Waals surface area contributed by atoms with Gasteiger partial charge >= 0.3 is 5.69 Å². The Labute approximate surface area is 195 Å². The highest BCUT2D eigenvalue weighted by atomic mass is 32.2. The number of hydrogen-bond acceptors (Lipinski definition) is 5. The van der Waals surface area contributed by atoms with Crippen LogP contribution in [0.2, 0.25) is 0 Å². The maximum atomic E-state index is 13.6. The summed E-state index contributed by atoms with van der Waals surface area (Å²) in [5.41, 5.74) is 0.684. The molecular formula is C25H21N3O5S. The number of aryl methyl sites for hydroxylation is 1. The molecule has 9 heteroatoms. The van der Waals surface area contributed by atoms with Gasteiger partial charge in [-0.15, -0.1) is 0 Å². The highest BCUT2D eigenvalue weighted by molar-refractivity contribution is 7.92. The number of fused-ring (bicyclic) bond motifs is 2. The Hall–Kier alpha value is -3.98. The molecule has 0 aliphatic carbocycles. The number of nitrogens with one attached hydrogen (secondary N) is 1. The van der Waals surface area contributed by atoms with E-state index >= 15 is 0 Å². The molecule has 1 N–H and O–H groups in total. The molecule has 2 heterocycles. The Morgan fingerprint density at radius 2 is 1.74 bits per heavy atom. The summed E-state index contributed by atoms with van der Waals surface area (Å²) in [6.45, 7) is 1.68. The fraction of sp³-hybridized carbons (Fsp3) is 0.160. The Kier molecular flexibility index (Phi) is 5.21. The van der Waals surface area contributed by atoms with Crippen molar-refractivity contribution in [1.29, 1.82) is 0 Å². The first-order valence-corrected chi connectivity index (χ1v) is 12.2. The molecule has 0 unspecified atom stereocenters. The monoisotopic (exact) mass is 475 g/mol. The number of H-pyrrole nitrogens is 1. The Morgan fingerprint density at radius 1 is 0.971 bits per heavy atom. The number of carbonyl (C=O) groups excluding carboxylic acids is 1. The molecule has 1 aliphatic heterocycles. The molecule has 0 atom stereocenters. The number of benzene rings is 3. The van der Waals surface area contributed by atoms with Gasteiger partial charge in [-0.2, -0.15) is 0 Å². The van der Waals surface area contributed by atoms with E-state index < -0.39 is 21.3 Å². The number of para-hydroxylation sites is 1. The molecule has 172 valence electrons. The number of rotatable bonds is 4. The van der Waals surface area contributed by atoms with Gasteiger partial charge in [-0.05, 0) is 55.7 Å². The van der Waals surface area contributed by atoms with Gasteiger partial charge in [-0.25, -0.2) is 17.8 Å². The summed E-state index contributed by atoms with van der Waals surface area (Å²) in [7, 11) is -3.94. The van der Waals surface area contributed by atoms with Crippen LogP contribution in [0.4, 0.5) is 5.69 Å². The van der Waals surface area contributed by atoms with Gasteiger partial charge in [0.2, 0.25) is 0 Å². The van der Waals surface area contributed by atoms with Gasteiger partial charge in [0.15, 0.2) is 5.78 Å². The quantitative estimate of drug-likeness (QED) is 0.457. The fourth-order valence-electron chi connectivity index (χ4n) is 4.45. The van der Waals surface area contributed by atoms with Gasteiger partial charge in [0.05, 0.1) is 27.2 Å². The van der Waals surface area contributed by atoms with E-state index in [1.165, 1.54) is 41.6 Å². The molecule has 0 amide bonds. The minimum Gasteiger partial charge on any atom is -0.306 e. The molecule has 34 heavy (non-hydrogen) atoms. The molecule has 0 saturated carbocycles. The van der Waals surface area contributed by atoms with Crippen LogP contribution in [-0.4, -0.2) is 30.3 Å². The van der Waals surface area contributed by atoms with Gasteiger partial charge in [-0.1, -0.05) is 36.4 Å². The highest BCUT2D eigenvalue weighted by Crippen LogP contribution is 2.32. The van der Waals surface area contributed by atoms with E-state index in [4.69, 9.17) is 0 Å². The number of Topliss-reactive ketones (excluding diaryl/α,β-unsaturated/α-hetero) is 1. The van der Waals surface area contributed by atoms with E-state index in [-0.39, 0.29) is 32.8 Å². The summed E-state index contributed by atoms with van der Waals surface area (Å²) in [6.07, 6.45) is 1.48. The van der Waals surface area contributed by atoms with Crippen molar-refractivity contribution in [2.45, 2.75) is 24.7 Å². The van der Waals surface area contributed by atoms with Crippen molar-refractivity contribution < 1.29 is 13.2 Å². The third-order valence-electron chi connectivity index (χ3n) is 6.04. The molecule has 0 spiro atoms. The summed E-state index contributed by atoms with van der Waals surface area (Å²) in [6, 6.07) is 17.7. The van der Waals surface area contributed by atoms with Crippen LogP contribution in [0.5, 0.6) is 0 Å².